The van der Waals surface area contributed by atoms with E-state index in [1.54, 1.807) is 0 Å². The van der Waals surface area contributed by atoms with E-state index in [-0.39, 0.29) is 6.04 Å². The standard InChI is InChI=1S/C53H65N7/c1-7-41-27-37(2)44(30-51(41)57-33-49-29-46(34-59(49)6)42-22-24-48(54)25-23-42)16-11-9-8-10-12-17-45-31-52-50(28-38(45)3)39(4)60-35-47(32-53(60,55)36-58-52)43-20-18-40(19-21-43)15-13-14-26-56-5/h7,18-25,27-28,30-31,33-36,49,56H,1,4,8-17,26,29,32,54-55H2,2-3,5-6H3. The van der Waals surface area contributed by atoms with Gasteiger partial charge in [-0.2, -0.15) is 0 Å². The first-order valence-electron chi connectivity index (χ1n) is 22.0. The van der Waals surface area contributed by atoms with E-state index < -0.39 is 5.66 Å². The van der Waals surface area contributed by atoms with Gasteiger partial charge >= 0.3 is 0 Å². The lowest BCUT2D eigenvalue weighted by Crippen LogP contribution is -2.50. The van der Waals surface area contributed by atoms with Gasteiger partial charge in [0, 0.05) is 55.2 Å². The molecule has 3 aliphatic rings. The lowest BCUT2D eigenvalue weighted by Gasteiger charge is -2.32. The van der Waals surface area contributed by atoms with Crippen LogP contribution in [0.25, 0.3) is 22.9 Å². The summed E-state index contributed by atoms with van der Waals surface area (Å²) in [5, 5.41) is 3.23. The SMILES string of the molecule is C=Cc1cc(C)c(CCCCCCCc2cc3c(cc2C)C(=C)N2C=C(c4ccc(CCCCNC)cc4)CC2(N)C=N3)cc1N=CC1CC(c2ccc(N)cc2)=CN1C. The van der Waals surface area contributed by atoms with Gasteiger partial charge < -0.3 is 26.6 Å². The van der Waals surface area contributed by atoms with Crippen LogP contribution in [0.3, 0.4) is 0 Å². The summed E-state index contributed by atoms with van der Waals surface area (Å²) in [6.45, 7) is 14.1. The average Bonchev–Trinajstić information content (AvgIpc) is 3.78. The zero-order valence-corrected chi connectivity index (χ0v) is 36.4. The number of hydrogen-bond donors (Lipinski definition) is 3. The molecule has 60 heavy (non-hydrogen) atoms. The Morgan fingerprint density at radius 1 is 0.833 bits per heavy atom. The molecule has 2 unspecified atom stereocenters. The second-order valence-corrected chi connectivity index (χ2v) is 17.3. The highest BCUT2D eigenvalue weighted by molar-refractivity contribution is 5.90. The smallest absolute Gasteiger partial charge is 0.133 e. The average molecular weight is 800 g/mol. The van der Waals surface area contributed by atoms with Gasteiger partial charge in [-0.15, -0.1) is 0 Å². The third-order valence-electron chi connectivity index (χ3n) is 12.7. The molecule has 0 amide bonds. The van der Waals surface area contributed by atoms with E-state index in [0.29, 0.717) is 6.42 Å². The molecule has 2 atom stereocenters. The number of unbranched alkanes of at least 4 members (excludes halogenated alkanes) is 5. The lowest BCUT2D eigenvalue weighted by atomic mass is 9.96. The lowest BCUT2D eigenvalue weighted by molar-refractivity contribution is 0.358. The van der Waals surface area contributed by atoms with Crippen molar-refractivity contribution in [3.8, 4) is 0 Å². The van der Waals surface area contributed by atoms with E-state index in [1.807, 2.05) is 31.5 Å². The quantitative estimate of drug-likeness (QED) is 0.0529. The monoisotopic (exact) mass is 800 g/mol. The van der Waals surface area contributed by atoms with Crippen LogP contribution in [-0.2, 0) is 19.3 Å². The molecule has 7 heteroatoms. The van der Waals surface area contributed by atoms with Gasteiger partial charge in [-0.05, 0) is 171 Å². The molecule has 7 rings (SSSR count). The Labute approximate surface area is 359 Å². The Bertz CT molecular complexity index is 2290. The van der Waals surface area contributed by atoms with Crippen LogP contribution < -0.4 is 16.8 Å². The summed E-state index contributed by atoms with van der Waals surface area (Å²) in [6.07, 6.45) is 23.5. The van der Waals surface area contributed by atoms with Crippen LogP contribution in [-0.4, -0.2) is 54.6 Å². The van der Waals surface area contributed by atoms with E-state index >= 15 is 0 Å². The molecule has 0 aliphatic carbocycles. The Hall–Kier alpha value is -5.50. The van der Waals surface area contributed by atoms with Gasteiger partial charge in [0.1, 0.15) is 5.66 Å². The number of nitrogens with zero attached hydrogens (tertiary/aromatic N) is 4. The number of benzene rings is 4. The summed E-state index contributed by atoms with van der Waals surface area (Å²) in [7, 11) is 4.13. The number of nitrogens with two attached hydrogens (primary N) is 2. The molecule has 7 nitrogen and oxygen atoms in total. The summed E-state index contributed by atoms with van der Waals surface area (Å²) >= 11 is 0. The number of aliphatic imine (C=N–C) groups is 2. The first kappa shape index (κ1) is 42.6. The maximum absolute atomic E-state index is 7.07. The van der Waals surface area contributed by atoms with Crippen molar-refractivity contribution in [3.05, 3.63) is 148 Å². The van der Waals surface area contributed by atoms with Crippen molar-refractivity contribution in [2.75, 3.05) is 26.4 Å². The summed E-state index contributed by atoms with van der Waals surface area (Å²) in [4.78, 5) is 14.4. The third-order valence-corrected chi connectivity index (χ3v) is 12.7. The molecule has 0 spiro atoms. The number of nitrogens with one attached hydrogen (secondary N) is 1. The van der Waals surface area contributed by atoms with Crippen LogP contribution in [0.15, 0.2) is 108 Å². The maximum atomic E-state index is 7.07. The maximum Gasteiger partial charge on any atom is 0.133 e. The molecule has 4 aromatic rings. The first-order valence-corrected chi connectivity index (χ1v) is 22.0. The minimum absolute atomic E-state index is 0.209. The highest BCUT2D eigenvalue weighted by Crippen LogP contribution is 2.43. The van der Waals surface area contributed by atoms with E-state index in [0.717, 1.165) is 72.5 Å². The summed E-state index contributed by atoms with van der Waals surface area (Å²) in [6, 6.07) is 26.4. The molecular weight excluding hydrogens is 735 g/mol. The van der Waals surface area contributed by atoms with Gasteiger partial charge in [-0.3, -0.25) is 9.98 Å². The van der Waals surface area contributed by atoms with Gasteiger partial charge in [-0.25, -0.2) is 0 Å². The van der Waals surface area contributed by atoms with Crippen LogP contribution in [0.4, 0.5) is 17.1 Å². The van der Waals surface area contributed by atoms with Crippen LogP contribution in [0, 0.1) is 13.8 Å². The molecule has 0 bridgehead atoms. The second kappa shape index (κ2) is 19.3. The van der Waals surface area contributed by atoms with E-state index in [1.165, 1.54) is 88.6 Å². The van der Waals surface area contributed by atoms with Crippen molar-refractivity contribution in [3.63, 3.8) is 0 Å². The predicted octanol–water partition coefficient (Wildman–Crippen LogP) is 11.3. The molecule has 0 saturated heterocycles. The molecule has 0 fully saturated rings. The molecule has 5 N–H and O–H groups in total. The van der Waals surface area contributed by atoms with Gasteiger partial charge in [-0.1, -0.05) is 74.9 Å². The number of rotatable bonds is 18. The minimum Gasteiger partial charge on any atom is -0.399 e. The molecular formula is C53H65N7. The molecule has 312 valence electrons. The van der Waals surface area contributed by atoms with Gasteiger partial charge in [0.2, 0.25) is 0 Å². The van der Waals surface area contributed by atoms with E-state index in [9.17, 15) is 0 Å². The normalized spacial score (nSPS) is 18.5. The van der Waals surface area contributed by atoms with Gasteiger partial charge in [0.25, 0.3) is 0 Å². The first-order chi connectivity index (χ1) is 29.0. The Balaban J connectivity index is 0.889. The van der Waals surface area contributed by atoms with Crippen LogP contribution in [0.5, 0.6) is 0 Å². The van der Waals surface area contributed by atoms with Crippen molar-refractivity contribution in [2.24, 2.45) is 15.7 Å². The Kier molecular flexibility index (Phi) is 13.7. The number of nitrogen functional groups attached to an aromatic ring is 1. The molecule has 0 aromatic heterocycles. The largest absolute Gasteiger partial charge is 0.399 e. The molecule has 3 heterocycles. The Morgan fingerprint density at radius 3 is 2.20 bits per heavy atom. The highest BCUT2D eigenvalue weighted by Gasteiger charge is 2.40. The fraction of sp³-hybridized carbons (Fsp3) is 0.358. The van der Waals surface area contributed by atoms with Crippen molar-refractivity contribution in [1.29, 1.82) is 0 Å². The summed E-state index contributed by atoms with van der Waals surface area (Å²) < 4.78 is 0. The third kappa shape index (κ3) is 9.92. The number of hydrogen-bond acceptors (Lipinski definition) is 7. The zero-order chi connectivity index (χ0) is 42.2. The van der Waals surface area contributed by atoms with Crippen LogP contribution in [0.1, 0.15) is 108 Å². The fourth-order valence-corrected chi connectivity index (χ4v) is 8.95. The van der Waals surface area contributed by atoms with Gasteiger partial charge in [0.15, 0.2) is 0 Å². The van der Waals surface area contributed by atoms with Crippen molar-refractivity contribution < 1.29 is 0 Å². The second-order valence-electron chi connectivity index (χ2n) is 17.3. The van der Waals surface area contributed by atoms with Gasteiger partial charge in [0.05, 0.1) is 17.4 Å². The van der Waals surface area contributed by atoms with E-state index in [4.69, 9.17) is 21.5 Å². The van der Waals surface area contributed by atoms with Crippen LogP contribution >= 0.6 is 0 Å². The summed E-state index contributed by atoms with van der Waals surface area (Å²) in [5.41, 5.74) is 29.7. The van der Waals surface area contributed by atoms with Crippen molar-refractivity contribution in [1.82, 2.24) is 15.1 Å². The Morgan fingerprint density at radius 2 is 1.48 bits per heavy atom. The highest BCUT2D eigenvalue weighted by atomic mass is 15.3. The molecule has 4 aromatic carbocycles. The van der Waals surface area contributed by atoms with Crippen LogP contribution in [0.2, 0.25) is 0 Å². The minimum atomic E-state index is -0.736. The topological polar surface area (TPSA) is 95.3 Å². The summed E-state index contributed by atoms with van der Waals surface area (Å²) in [5.74, 6) is 0. The molecule has 0 radical (unpaired) electrons. The number of aryl methyl sites for hydroxylation is 5. The van der Waals surface area contributed by atoms with E-state index in [2.05, 4.69) is 128 Å². The number of fused-ring (bicyclic) bond motifs is 2. The molecule has 0 saturated carbocycles. The number of anilines is 1. The fourth-order valence-electron chi connectivity index (χ4n) is 8.95. The van der Waals surface area contributed by atoms with Crippen molar-refractivity contribution >= 4 is 52.4 Å². The zero-order valence-electron chi connectivity index (χ0n) is 36.4. The predicted molar refractivity (Wildman–Crippen MR) is 258 cm³/mol. The van der Waals surface area contributed by atoms with Crippen molar-refractivity contribution in [2.45, 2.75) is 103 Å². The molecule has 3 aliphatic heterocycles.